The highest BCUT2D eigenvalue weighted by atomic mass is 16.5. The van der Waals surface area contributed by atoms with Gasteiger partial charge in [0, 0.05) is 17.8 Å². The van der Waals surface area contributed by atoms with Crippen molar-refractivity contribution >= 4 is 17.3 Å². The molecule has 1 amide bonds. The van der Waals surface area contributed by atoms with Crippen LogP contribution in [0.1, 0.15) is 27.2 Å². The molecule has 0 heterocycles. The van der Waals surface area contributed by atoms with E-state index >= 15 is 0 Å². The van der Waals surface area contributed by atoms with E-state index in [1.54, 1.807) is 6.07 Å². The van der Waals surface area contributed by atoms with Crippen LogP contribution in [-0.2, 0) is 4.79 Å². The van der Waals surface area contributed by atoms with E-state index in [9.17, 15) is 4.79 Å². The number of amides is 1. The minimum absolute atomic E-state index is 0.0390. The maximum Gasteiger partial charge on any atom is 0.239 e. The zero-order chi connectivity index (χ0) is 14.3. The Bertz CT molecular complexity index is 419. The molecule has 4 N–H and O–H groups in total. The van der Waals surface area contributed by atoms with Gasteiger partial charge in [-0.25, -0.2) is 0 Å². The summed E-state index contributed by atoms with van der Waals surface area (Å²) >= 11 is 0. The summed E-state index contributed by atoms with van der Waals surface area (Å²) in [6.07, 6.45) is 0.924. The van der Waals surface area contributed by atoms with Gasteiger partial charge in [-0.15, -0.1) is 0 Å². The SMILES string of the molecule is CCCOc1cc(NCC(=O)NC(C)C)ccc1N. The Labute approximate surface area is 114 Å². The zero-order valence-corrected chi connectivity index (χ0v) is 11.8. The third kappa shape index (κ3) is 5.50. The number of rotatable bonds is 7. The number of carbonyl (C=O) groups is 1. The van der Waals surface area contributed by atoms with Crippen LogP contribution in [0.4, 0.5) is 11.4 Å². The van der Waals surface area contributed by atoms with Crippen LogP contribution in [0, 0.1) is 0 Å². The lowest BCUT2D eigenvalue weighted by Gasteiger charge is -2.12. The predicted molar refractivity (Wildman–Crippen MR) is 78.4 cm³/mol. The topological polar surface area (TPSA) is 76.4 Å². The molecule has 0 saturated heterocycles. The standard InChI is InChI=1S/C14H23N3O2/c1-4-7-19-13-8-11(5-6-12(13)15)16-9-14(18)17-10(2)3/h5-6,8,10,16H,4,7,9,15H2,1-3H3,(H,17,18). The fourth-order valence-electron chi connectivity index (χ4n) is 1.54. The predicted octanol–water partition coefficient (Wildman–Crippen LogP) is 1.99. The molecule has 0 atom stereocenters. The second kappa shape index (κ2) is 7.51. The second-order valence-corrected chi connectivity index (χ2v) is 4.68. The maximum atomic E-state index is 11.5. The number of hydrogen-bond acceptors (Lipinski definition) is 4. The average molecular weight is 265 g/mol. The van der Waals surface area contributed by atoms with E-state index in [-0.39, 0.29) is 18.5 Å². The van der Waals surface area contributed by atoms with Crippen molar-refractivity contribution in [1.29, 1.82) is 0 Å². The minimum Gasteiger partial charge on any atom is -0.491 e. The van der Waals surface area contributed by atoms with E-state index in [4.69, 9.17) is 10.5 Å². The molecule has 0 saturated carbocycles. The Morgan fingerprint density at radius 3 is 2.79 bits per heavy atom. The highest BCUT2D eigenvalue weighted by molar-refractivity contribution is 5.81. The first kappa shape index (κ1) is 15.1. The average Bonchev–Trinajstić information content (AvgIpc) is 2.35. The zero-order valence-electron chi connectivity index (χ0n) is 11.8. The van der Waals surface area contributed by atoms with Crippen molar-refractivity contribution in [1.82, 2.24) is 5.32 Å². The molecule has 1 aromatic rings. The number of nitrogens with two attached hydrogens (primary N) is 1. The summed E-state index contributed by atoms with van der Waals surface area (Å²) in [4.78, 5) is 11.5. The lowest BCUT2D eigenvalue weighted by Crippen LogP contribution is -2.34. The van der Waals surface area contributed by atoms with E-state index < -0.39 is 0 Å². The van der Waals surface area contributed by atoms with Crippen LogP contribution in [0.5, 0.6) is 5.75 Å². The molecule has 0 aliphatic carbocycles. The quantitative estimate of drug-likeness (QED) is 0.659. The van der Waals surface area contributed by atoms with E-state index in [1.165, 1.54) is 0 Å². The van der Waals surface area contributed by atoms with Gasteiger partial charge in [0.1, 0.15) is 5.75 Å². The summed E-state index contributed by atoms with van der Waals surface area (Å²) in [5.41, 5.74) is 7.24. The number of nitrogen functional groups attached to an aromatic ring is 1. The van der Waals surface area contributed by atoms with Crippen molar-refractivity contribution in [2.45, 2.75) is 33.2 Å². The first-order valence-electron chi connectivity index (χ1n) is 6.58. The molecule has 19 heavy (non-hydrogen) atoms. The van der Waals surface area contributed by atoms with Crippen LogP contribution in [0.2, 0.25) is 0 Å². The number of benzene rings is 1. The fraction of sp³-hybridized carbons (Fsp3) is 0.500. The molecule has 5 nitrogen and oxygen atoms in total. The molecule has 0 aliphatic rings. The van der Waals surface area contributed by atoms with Crippen molar-refractivity contribution in [3.05, 3.63) is 18.2 Å². The van der Waals surface area contributed by atoms with E-state index in [2.05, 4.69) is 10.6 Å². The largest absolute Gasteiger partial charge is 0.491 e. The monoisotopic (exact) mass is 265 g/mol. The first-order chi connectivity index (χ1) is 9.02. The van der Waals surface area contributed by atoms with Gasteiger partial charge in [0.15, 0.2) is 0 Å². The van der Waals surface area contributed by atoms with Gasteiger partial charge in [-0.05, 0) is 32.4 Å². The first-order valence-corrected chi connectivity index (χ1v) is 6.58. The van der Waals surface area contributed by atoms with E-state index in [0.29, 0.717) is 18.0 Å². The number of anilines is 2. The Morgan fingerprint density at radius 1 is 1.42 bits per heavy atom. The lowest BCUT2D eigenvalue weighted by atomic mass is 10.2. The van der Waals surface area contributed by atoms with Gasteiger partial charge in [0.25, 0.3) is 0 Å². The number of ether oxygens (including phenoxy) is 1. The smallest absolute Gasteiger partial charge is 0.239 e. The Kier molecular flexibility index (Phi) is 5.99. The van der Waals surface area contributed by atoms with Gasteiger partial charge in [-0.3, -0.25) is 4.79 Å². The number of hydrogen-bond donors (Lipinski definition) is 3. The summed E-state index contributed by atoms with van der Waals surface area (Å²) in [6, 6.07) is 5.56. The van der Waals surface area contributed by atoms with Gasteiger partial charge < -0.3 is 21.1 Å². The maximum absolute atomic E-state index is 11.5. The van der Waals surface area contributed by atoms with Gasteiger partial charge in [-0.1, -0.05) is 6.92 Å². The third-order valence-electron chi connectivity index (χ3n) is 2.38. The Balaban J connectivity index is 2.56. The van der Waals surface area contributed by atoms with Gasteiger partial charge in [0.2, 0.25) is 5.91 Å². The normalized spacial score (nSPS) is 10.3. The Morgan fingerprint density at radius 2 is 2.16 bits per heavy atom. The van der Waals surface area contributed by atoms with Crippen molar-refractivity contribution in [3.8, 4) is 5.75 Å². The van der Waals surface area contributed by atoms with Crippen molar-refractivity contribution in [3.63, 3.8) is 0 Å². The molecule has 1 aromatic carbocycles. The Hall–Kier alpha value is -1.91. The highest BCUT2D eigenvalue weighted by Gasteiger charge is 2.05. The molecule has 0 fully saturated rings. The van der Waals surface area contributed by atoms with Crippen molar-refractivity contribution in [2.24, 2.45) is 0 Å². The van der Waals surface area contributed by atoms with Crippen LogP contribution in [0.15, 0.2) is 18.2 Å². The summed E-state index contributed by atoms with van der Waals surface area (Å²) < 4.78 is 5.53. The van der Waals surface area contributed by atoms with Crippen LogP contribution < -0.4 is 21.1 Å². The number of nitrogens with one attached hydrogen (secondary N) is 2. The van der Waals surface area contributed by atoms with Gasteiger partial charge in [0.05, 0.1) is 18.8 Å². The molecular weight excluding hydrogens is 242 g/mol. The second-order valence-electron chi connectivity index (χ2n) is 4.68. The van der Waals surface area contributed by atoms with Crippen LogP contribution >= 0.6 is 0 Å². The van der Waals surface area contributed by atoms with Crippen LogP contribution in [0.25, 0.3) is 0 Å². The molecule has 0 aliphatic heterocycles. The third-order valence-corrected chi connectivity index (χ3v) is 2.38. The summed E-state index contributed by atoms with van der Waals surface area (Å²) in [5.74, 6) is 0.610. The molecular formula is C14H23N3O2. The highest BCUT2D eigenvalue weighted by Crippen LogP contribution is 2.25. The minimum atomic E-state index is -0.0390. The van der Waals surface area contributed by atoms with E-state index in [1.807, 2.05) is 32.9 Å². The van der Waals surface area contributed by atoms with Crippen molar-refractivity contribution < 1.29 is 9.53 Å². The van der Waals surface area contributed by atoms with Crippen molar-refractivity contribution in [2.75, 3.05) is 24.2 Å². The van der Waals surface area contributed by atoms with Gasteiger partial charge >= 0.3 is 0 Å². The fourth-order valence-corrected chi connectivity index (χ4v) is 1.54. The lowest BCUT2D eigenvalue weighted by molar-refractivity contribution is -0.119. The summed E-state index contributed by atoms with van der Waals surface area (Å²) in [7, 11) is 0. The van der Waals surface area contributed by atoms with E-state index in [0.717, 1.165) is 12.1 Å². The van der Waals surface area contributed by atoms with Crippen LogP contribution in [-0.4, -0.2) is 25.1 Å². The molecule has 0 unspecified atom stereocenters. The number of carbonyl (C=O) groups excluding carboxylic acids is 1. The van der Waals surface area contributed by atoms with Crippen LogP contribution in [0.3, 0.4) is 0 Å². The molecule has 5 heteroatoms. The summed E-state index contributed by atoms with van der Waals surface area (Å²) in [6.45, 7) is 6.75. The molecule has 0 radical (unpaired) electrons. The molecule has 1 rings (SSSR count). The molecule has 0 aromatic heterocycles. The van der Waals surface area contributed by atoms with Gasteiger partial charge in [-0.2, -0.15) is 0 Å². The molecule has 0 spiro atoms. The summed E-state index contributed by atoms with van der Waals surface area (Å²) in [5, 5.41) is 5.86. The molecule has 106 valence electrons. The molecule has 0 bridgehead atoms.